The van der Waals surface area contributed by atoms with Crippen molar-refractivity contribution < 1.29 is 14.3 Å². The number of rotatable bonds is 8. The molecule has 0 bridgehead atoms. The van der Waals surface area contributed by atoms with Crippen LogP contribution in [0.2, 0.25) is 0 Å². The summed E-state index contributed by atoms with van der Waals surface area (Å²) in [6.07, 6.45) is 0.170. The highest BCUT2D eigenvalue weighted by atomic mass is 32.2. The number of benzene rings is 2. The predicted molar refractivity (Wildman–Crippen MR) is 113 cm³/mol. The van der Waals surface area contributed by atoms with Crippen LogP contribution in [0.15, 0.2) is 53.7 Å². The first-order valence-corrected chi connectivity index (χ1v) is 10.3. The Bertz CT molecular complexity index is 1010. The Kier molecular flexibility index (Phi) is 6.82. The van der Waals surface area contributed by atoms with Crippen LogP contribution in [0.25, 0.3) is 11.4 Å². The molecule has 0 aliphatic heterocycles. The Morgan fingerprint density at radius 1 is 1.07 bits per heavy atom. The normalized spacial score (nSPS) is 10.7. The van der Waals surface area contributed by atoms with E-state index in [1.54, 1.807) is 18.2 Å². The summed E-state index contributed by atoms with van der Waals surface area (Å²) in [7, 11) is 1.33. The predicted octanol–water partition coefficient (Wildman–Crippen LogP) is 3.96. The Morgan fingerprint density at radius 2 is 1.79 bits per heavy atom. The van der Waals surface area contributed by atoms with Gasteiger partial charge in [0.1, 0.15) is 5.78 Å². The molecule has 2 aromatic carbocycles. The number of carbonyl (C=O) groups excluding carboxylic acids is 2. The molecule has 6 nitrogen and oxygen atoms in total. The van der Waals surface area contributed by atoms with Gasteiger partial charge in [0.05, 0.1) is 18.4 Å². The Hall–Kier alpha value is -2.93. The minimum Gasteiger partial charge on any atom is -0.465 e. The Morgan fingerprint density at radius 3 is 2.48 bits per heavy atom. The summed E-state index contributed by atoms with van der Waals surface area (Å²) in [5.41, 5.74) is 3.27. The molecule has 0 unspecified atom stereocenters. The van der Waals surface area contributed by atoms with Crippen molar-refractivity contribution in [1.29, 1.82) is 0 Å². The lowest BCUT2D eigenvalue weighted by atomic mass is 10.0. The van der Waals surface area contributed by atoms with Crippen LogP contribution in [0.3, 0.4) is 0 Å². The van der Waals surface area contributed by atoms with E-state index >= 15 is 0 Å². The molecule has 0 radical (unpaired) electrons. The van der Waals surface area contributed by atoms with E-state index in [0.29, 0.717) is 22.8 Å². The van der Waals surface area contributed by atoms with Crippen LogP contribution >= 0.6 is 11.8 Å². The number of aromatic nitrogens is 3. The van der Waals surface area contributed by atoms with E-state index in [9.17, 15) is 9.59 Å². The molecule has 1 heterocycles. The van der Waals surface area contributed by atoms with Crippen molar-refractivity contribution >= 4 is 23.5 Å². The average molecular weight is 410 g/mol. The fourth-order valence-corrected chi connectivity index (χ4v) is 3.85. The molecule has 0 aliphatic carbocycles. The molecule has 150 valence electrons. The monoisotopic (exact) mass is 409 g/mol. The Balaban J connectivity index is 1.70. The van der Waals surface area contributed by atoms with E-state index in [4.69, 9.17) is 4.74 Å². The molecular formula is C22H23N3O3S. The standard InChI is InChI=1S/C22H23N3O3S/c1-4-25-20(16-11-9-15(2)10-12-16)23-24-22(25)29-14-18(26)13-17-7-5-6-8-19(17)21(27)28-3/h5-12H,4,13-14H2,1-3H3. The van der Waals surface area contributed by atoms with Crippen molar-refractivity contribution in [2.75, 3.05) is 12.9 Å². The second-order valence-electron chi connectivity index (χ2n) is 6.57. The van der Waals surface area contributed by atoms with Crippen molar-refractivity contribution in [2.24, 2.45) is 0 Å². The van der Waals surface area contributed by atoms with Crippen LogP contribution in [-0.2, 0) is 22.5 Å². The lowest BCUT2D eigenvalue weighted by molar-refractivity contribution is -0.116. The molecule has 0 aliphatic rings. The second-order valence-corrected chi connectivity index (χ2v) is 7.51. The van der Waals surface area contributed by atoms with Gasteiger partial charge >= 0.3 is 5.97 Å². The summed E-state index contributed by atoms with van der Waals surface area (Å²) in [5, 5.41) is 9.30. The number of carbonyl (C=O) groups is 2. The number of hydrogen-bond acceptors (Lipinski definition) is 6. The summed E-state index contributed by atoms with van der Waals surface area (Å²) in [6.45, 7) is 4.77. The number of thioether (sulfide) groups is 1. The molecule has 29 heavy (non-hydrogen) atoms. The summed E-state index contributed by atoms with van der Waals surface area (Å²) >= 11 is 1.36. The summed E-state index contributed by atoms with van der Waals surface area (Å²) < 4.78 is 6.80. The highest BCUT2D eigenvalue weighted by molar-refractivity contribution is 7.99. The first-order chi connectivity index (χ1) is 14.0. The van der Waals surface area contributed by atoms with Crippen molar-refractivity contribution in [1.82, 2.24) is 14.8 Å². The first-order valence-electron chi connectivity index (χ1n) is 9.34. The molecule has 0 fully saturated rings. The van der Waals surface area contributed by atoms with Crippen LogP contribution in [0.1, 0.15) is 28.4 Å². The zero-order valence-electron chi connectivity index (χ0n) is 16.7. The molecule has 1 aromatic heterocycles. The molecule has 7 heteroatoms. The van der Waals surface area contributed by atoms with Gasteiger partial charge in [0, 0.05) is 18.5 Å². The third-order valence-electron chi connectivity index (χ3n) is 4.52. The lowest BCUT2D eigenvalue weighted by Gasteiger charge is -2.08. The highest BCUT2D eigenvalue weighted by Gasteiger charge is 2.17. The van der Waals surface area contributed by atoms with E-state index < -0.39 is 5.97 Å². The number of ether oxygens (including phenoxy) is 1. The van der Waals surface area contributed by atoms with E-state index in [1.165, 1.54) is 24.4 Å². The maximum atomic E-state index is 12.5. The zero-order valence-corrected chi connectivity index (χ0v) is 17.5. The molecule has 3 rings (SSSR count). The minimum atomic E-state index is -0.436. The molecular weight excluding hydrogens is 386 g/mol. The van der Waals surface area contributed by atoms with E-state index in [0.717, 1.165) is 11.4 Å². The average Bonchev–Trinajstić information content (AvgIpc) is 3.15. The smallest absolute Gasteiger partial charge is 0.338 e. The summed E-state index contributed by atoms with van der Waals surface area (Å²) in [4.78, 5) is 24.4. The van der Waals surface area contributed by atoms with Crippen LogP contribution < -0.4 is 0 Å². The molecule has 0 N–H and O–H groups in total. The topological polar surface area (TPSA) is 74.1 Å². The fourth-order valence-electron chi connectivity index (χ4n) is 2.99. The van der Waals surface area contributed by atoms with Gasteiger partial charge in [-0.25, -0.2) is 4.79 Å². The molecule has 0 atom stereocenters. The van der Waals surface area contributed by atoms with E-state index in [1.807, 2.05) is 48.7 Å². The van der Waals surface area contributed by atoms with E-state index in [-0.39, 0.29) is 18.0 Å². The van der Waals surface area contributed by atoms with E-state index in [2.05, 4.69) is 10.2 Å². The molecule has 0 saturated heterocycles. The number of Topliss-reactive ketones (excluding diaryl/α,β-unsaturated/α-hetero) is 1. The van der Waals surface area contributed by atoms with Gasteiger partial charge in [0.2, 0.25) is 0 Å². The van der Waals surface area contributed by atoms with Gasteiger partial charge in [-0.2, -0.15) is 0 Å². The lowest BCUT2D eigenvalue weighted by Crippen LogP contribution is -2.12. The second kappa shape index (κ2) is 9.52. The van der Waals surface area contributed by atoms with Gasteiger partial charge in [-0.15, -0.1) is 10.2 Å². The number of nitrogens with zero attached hydrogens (tertiary/aromatic N) is 3. The van der Waals surface area contributed by atoms with Crippen LogP contribution in [-0.4, -0.2) is 39.4 Å². The molecule has 0 spiro atoms. The van der Waals surface area contributed by atoms with Crippen LogP contribution in [0.4, 0.5) is 0 Å². The highest BCUT2D eigenvalue weighted by Crippen LogP contribution is 2.24. The van der Waals surface area contributed by atoms with Gasteiger partial charge in [-0.05, 0) is 25.5 Å². The number of esters is 1. The Labute approximate surface area is 174 Å². The maximum Gasteiger partial charge on any atom is 0.338 e. The van der Waals surface area contributed by atoms with Gasteiger partial charge in [-0.1, -0.05) is 59.8 Å². The number of ketones is 1. The van der Waals surface area contributed by atoms with Gasteiger partial charge in [0.25, 0.3) is 0 Å². The molecule has 3 aromatic rings. The maximum absolute atomic E-state index is 12.5. The van der Waals surface area contributed by atoms with Crippen molar-refractivity contribution in [3.05, 3.63) is 65.2 Å². The van der Waals surface area contributed by atoms with Gasteiger partial charge in [0.15, 0.2) is 11.0 Å². The SMILES string of the molecule is CCn1c(SCC(=O)Cc2ccccc2C(=O)OC)nnc1-c1ccc(C)cc1. The largest absolute Gasteiger partial charge is 0.465 e. The number of aryl methyl sites for hydroxylation is 1. The van der Waals surface area contributed by atoms with Crippen LogP contribution in [0.5, 0.6) is 0 Å². The van der Waals surface area contributed by atoms with Gasteiger partial charge < -0.3 is 9.30 Å². The summed E-state index contributed by atoms with van der Waals surface area (Å²) in [6, 6.07) is 15.1. The van der Waals surface area contributed by atoms with Crippen LogP contribution in [0, 0.1) is 6.92 Å². The van der Waals surface area contributed by atoms with Gasteiger partial charge in [-0.3, -0.25) is 4.79 Å². The third-order valence-corrected chi connectivity index (χ3v) is 5.54. The zero-order chi connectivity index (χ0) is 20.8. The fraction of sp³-hybridized carbons (Fsp3) is 0.273. The number of methoxy groups -OCH3 is 1. The number of hydrogen-bond donors (Lipinski definition) is 0. The molecule has 0 amide bonds. The van der Waals surface area contributed by atoms with Crippen molar-refractivity contribution in [3.8, 4) is 11.4 Å². The van der Waals surface area contributed by atoms with Crippen molar-refractivity contribution in [3.63, 3.8) is 0 Å². The quantitative estimate of drug-likeness (QED) is 0.414. The molecule has 0 saturated carbocycles. The first kappa shape index (κ1) is 20.8. The third kappa shape index (κ3) is 4.92. The summed E-state index contributed by atoms with van der Waals surface area (Å²) in [5.74, 6) is 0.614. The minimum absolute atomic E-state index is 0.00823. The van der Waals surface area contributed by atoms with Crippen molar-refractivity contribution in [2.45, 2.75) is 32.0 Å².